The third kappa shape index (κ3) is 4.55. The maximum absolute atomic E-state index is 13.8. The molecule has 6 rings (SSSR count). The maximum Gasteiger partial charge on any atom is 0.343 e. The SMILES string of the molecule is O=C(Oc1ccc(C2C3C(=O)N(c4ccc(Cl)c(Cl)c4)C(=O)C3ON2c2ccccc2)cc1)c1ccccc1. The van der Waals surface area contributed by atoms with E-state index in [-0.39, 0.29) is 5.02 Å². The van der Waals surface area contributed by atoms with Crippen molar-refractivity contribution in [3.63, 3.8) is 0 Å². The van der Waals surface area contributed by atoms with Crippen LogP contribution >= 0.6 is 23.2 Å². The molecule has 2 aliphatic rings. The van der Waals surface area contributed by atoms with Crippen LogP contribution in [0.25, 0.3) is 0 Å². The van der Waals surface area contributed by atoms with Crippen molar-refractivity contribution in [3.05, 3.63) is 124 Å². The molecule has 0 bridgehead atoms. The Kier molecular flexibility index (Phi) is 6.56. The lowest BCUT2D eigenvalue weighted by Crippen LogP contribution is -2.37. The van der Waals surface area contributed by atoms with Crippen LogP contribution in [0.2, 0.25) is 10.0 Å². The van der Waals surface area contributed by atoms with Crippen molar-refractivity contribution >= 4 is 52.4 Å². The predicted octanol–water partition coefficient (Wildman–Crippen LogP) is 6.26. The van der Waals surface area contributed by atoms with Gasteiger partial charge >= 0.3 is 5.97 Å². The number of esters is 1. The van der Waals surface area contributed by atoms with Crippen LogP contribution in [0.1, 0.15) is 22.0 Å². The van der Waals surface area contributed by atoms with Crippen molar-refractivity contribution in [1.82, 2.24) is 0 Å². The Labute approximate surface area is 234 Å². The number of hydrogen-bond acceptors (Lipinski definition) is 6. The Hall–Kier alpha value is -4.17. The van der Waals surface area contributed by atoms with E-state index in [2.05, 4.69) is 0 Å². The highest BCUT2D eigenvalue weighted by Gasteiger charge is 2.60. The van der Waals surface area contributed by atoms with E-state index < -0.39 is 35.8 Å². The second-order valence-corrected chi connectivity index (χ2v) is 9.91. The molecular weight excluding hydrogens is 539 g/mol. The fourth-order valence-electron chi connectivity index (χ4n) is 4.90. The standard InChI is InChI=1S/C30H20Cl2N2O5/c31-23-16-13-21(17-24(23)32)33-28(35)25-26(34(39-27(25)29(33)36)20-9-5-2-6-10-20)18-11-14-22(15-12-18)38-30(37)19-7-3-1-4-8-19/h1-17,25-27H. The van der Waals surface area contributed by atoms with Crippen molar-refractivity contribution in [2.75, 3.05) is 9.96 Å². The molecule has 0 N–H and O–H groups in total. The number of carbonyl (C=O) groups is 3. The molecule has 2 amide bonds. The van der Waals surface area contributed by atoms with Crippen LogP contribution in [0.5, 0.6) is 5.75 Å². The second-order valence-electron chi connectivity index (χ2n) is 9.09. The number of fused-ring (bicyclic) bond motifs is 1. The monoisotopic (exact) mass is 558 g/mol. The molecule has 2 aliphatic heterocycles. The zero-order valence-electron chi connectivity index (χ0n) is 20.2. The van der Waals surface area contributed by atoms with Crippen LogP contribution in [0, 0.1) is 5.92 Å². The van der Waals surface area contributed by atoms with Crippen molar-refractivity contribution in [2.24, 2.45) is 5.92 Å². The van der Waals surface area contributed by atoms with Gasteiger partial charge in [-0.2, -0.15) is 0 Å². The van der Waals surface area contributed by atoms with Crippen molar-refractivity contribution in [1.29, 1.82) is 0 Å². The van der Waals surface area contributed by atoms with Gasteiger partial charge in [-0.1, -0.05) is 71.7 Å². The summed E-state index contributed by atoms with van der Waals surface area (Å²) >= 11 is 12.2. The zero-order valence-corrected chi connectivity index (χ0v) is 21.8. The largest absolute Gasteiger partial charge is 0.423 e. The first-order valence-corrected chi connectivity index (χ1v) is 12.9. The first-order valence-electron chi connectivity index (χ1n) is 12.1. The normalized spacial score (nSPS) is 20.3. The van der Waals surface area contributed by atoms with Crippen LogP contribution in [0.15, 0.2) is 103 Å². The van der Waals surface area contributed by atoms with Gasteiger partial charge in [-0.15, -0.1) is 0 Å². The van der Waals surface area contributed by atoms with E-state index in [0.717, 1.165) is 4.90 Å². The number of para-hydroxylation sites is 1. The molecule has 2 heterocycles. The van der Waals surface area contributed by atoms with E-state index in [9.17, 15) is 14.4 Å². The first kappa shape index (κ1) is 25.1. The zero-order chi connectivity index (χ0) is 27.1. The van der Waals surface area contributed by atoms with Crippen LogP contribution in [-0.2, 0) is 14.4 Å². The Balaban J connectivity index is 1.33. The molecule has 0 radical (unpaired) electrons. The summed E-state index contributed by atoms with van der Waals surface area (Å²) in [6, 6.07) is 28.8. The molecule has 4 aromatic rings. The van der Waals surface area contributed by atoms with Crippen LogP contribution in [-0.4, -0.2) is 23.9 Å². The summed E-state index contributed by atoms with van der Waals surface area (Å²) in [4.78, 5) is 47.0. The van der Waals surface area contributed by atoms with Gasteiger partial charge in [0.15, 0.2) is 6.10 Å². The number of carbonyl (C=O) groups excluding carboxylic acids is 3. The van der Waals surface area contributed by atoms with Gasteiger partial charge in [0.1, 0.15) is 11.7 Å². The number of nitrogens with zero attached hydrogens (tertiary/aromatic N) is 2. The van der Waals surface area contributed by atoms with Crippen molar-refractivity contribution < 1.29 is 24.0 Å². The van der Waals surface area contributed by atoms with E-state index in [4.69, 9.17) is 32.8 Å². The molecule has 0 spiro atoms. The number of imide groups is 1. The van der Waals surface area contributed by atoms with E-state index >= 15 is 0 Å². The number of hydroxylamine groups is 1. The Morgan fingerprint density at radius 3 is 2.08 bits per heavy atom. The molecule has 0 saturated carbocycles. The van der Waals surface area contributed by atoms with E-state index in [1.54, 1.807) is 59.7 Å². The van der Waals surface area contributed by atoms with Crippen molar-refractivity contribution in [2.45, 2.75) is 12.1 Å². The number of benzene rings is 4. The summed E-state index contributed by atoms with van der Waals surface area (Å²) in [6.45, 7) is 0. The summed E-state index contributed by atoms with van der Waals surface area (Å²) < 4.78 is 5.51. The molecule has 9 heteroatoms. The Morgan fingerprint density at radius 1 is 0.744 bits per heavy atom. The Bertz CT molecular complexity index is 1560. The minimum Gasteiger partial charge on any atom is -0.423 e. The molecule has 7 nitrogen and oxygen atoms in total. The average molecular weight is 559 g/mol. The van der Waals surface area contributed by atoms with Crippen molar-refractivity contribution in [3.8, 4) is 5.75 Å². The van der Waals surface area contributed by atoms with Gasteiger partial charge in [0.2, 0.25) is 5.91 Å². The van der Waals surface area contributed by atoms with Crippen LogP contribution in [0.4, 0.5) is 11.4 Å². The van der Waals surface area contributed by atoms with Gasteiger partial charge < -0.3 is 4.74 Å². The molecule has 2 fully saturated rings. The Morgan fingerprint density at radius 2 is 1.41 bits per heavy atom. The topological polar surface area (TPSA) is 76.2 Å². The minimum atomic E-state index is -1.03. The third-order valence-electron chi connectivity index (χ3n) is 6.73. The summed E-state index contributed by atoms with van der Waals surface area (Å²) in [5, 5.41) is 2.15. The highest BCUT2D eigenvalue weighted by atomic mass is 35.5. The number of halogens is 2. The predicted molar refractivity (Wildman–Crippen MR) is 147 cm³/mol. The highest BCUT2D eigenvalue weighted by molar-refractivity contribution is 6.42. The number of anilines is 2. The second kappa shape index (κ2) is 10.2. The lowest BCUT2D eigenvalue weighted by atomic mass is 9.90. The first-order chi connectivity index (χ1) is 18.9. The van der Waals surface area contributed by atoms with E-state index in [0.29, 0.717) is 33.3 Å². The highest BCUT2D eigenvalue weighted by Crippen LogP contribution is 2.48. The fourth-order valence-corrected chi connectivity index (χ4v) is 5.20. The molecule has 194 valence electrons. The van der Waals surface area contributed by atoms with Gasteiger partial charge in [0.25, 0.3) is 5.91 Å². The van der Waals surface area contributed by atoms with Gasteiger partial charge in [0, 0.05) is 0 Å². The minimum absolute atomic E-state index is 0.232. The average Bonchev–Trinajstić information content (AvgIpc) is 3.47. The lowest BCUT2D eigenvalue weighted by molar-refractivity contribution is -0.126. The lowest BCUT2D eigenvalue weighted by Gasteiger charge is -2.29. The molecule has 0 aliphatic carbocycles. The number of amides is 2. The van der Waals surface area contributed by atoms with Gasteiger partial charge in [-0.3, -0.25) is 14.4 Å². The number of rotatable bonds is 5. The molecule has 0 aromatic heterocycles. The molecule has 3 atom stereocenters. The summed E-state index contributed by atoms with van der Waals surface area (Å²) in [5.41, 5.74) is 2.16. The van der Waals surface area contributed by atoms with Crippen LogP contribution < -0.4 is 14.7 Å². The van der Waals surface area contributed by atoms with Gasteiger partial charge in [0.05, 0.1) is 33.0 Å². The van der Waals surface area contributed by atoms with E-state index in [1.807, 2.05) is 36.4 Å². The molecule has 3 unspecified atom stereocenters. The number of hydrogen-bond donors (Lipinski definition) is 0. The quantitative estimate of drug-likeness (QED) is 0.163. The molecule has 39 heavy (non-hydrogen) atoms. The summed E-state index contributed by atoms with van der Waals surface area (Å²) in [5.74, 6) is -1.86. The maximum atomic E-state index is 13.8. The molecule has 4 aromatic carbocycles. The van der Waals surface area contributed by atoms with Gasteiger partial charge in [-0.05, 0) is 60.2 Å². The number of ether oxygens (including phenoxy) is 1. The molecular formula is C30H20Cl2N2O5. The van der Waals surface area contributed by atoms with Crippen LogP contribution in [0.3, 0.4) is 0 Å². The molecule has 2 saturated heterocycles. The van der Waals surface area contributed by atoms with E-state index in [1.165, 1.54) is 12.1 Å². The van der Waals surface area contributed by atoms with Gasteiger partial charge in [-0.25, -0.2) is 14.8 Å². The summed E-state index contributed by atoms with van der Waals surface area (Å²) in [7, 11) is 0. The third-order valence-corrected chi connectivity index (χ3v) is 7.47. The fraction of sp³-hybridized carbons (Fsp3) is 0.100. The smallest absolute Gasteiger partial charge is 0.343 e. The summed E-state index contributed by atoms with van der Waals surface area (Å²) in [6.07, 6.45) is -1.03.